The van der Waals surface area contributed by atoms with Gasteiger partial charge in [0.2, 0.25) is 11.8 Å². The first-order valence-electron chi connectivity index (χ1n) is 14.5. The average molecular weight is 551 g/mol. The number of aryl methyl sites for hydroxylation is 3. The lowest BCUT2D eigenvalue weighted by Crippen LogP contribution is -2.49. The molecular formula is C31H34N8O2. The number of tetrazole rings is 1. The molecule has 1 saturated heterocycles. The Morgan fingerprint density at radius 3 is 2.56 bits per heavy atom. The SMILES string of the molecule is Cc1ccc2c(c1)CCc1cc(C(N)=O)ccc1C2(CC1(NCC(=O)N2C(C#N)CC3C(C)C32)CC1)c1nn[nH]n1. The lowest BCUT2D eigenvalue weighted by molar-refractivity contribution is -0.131. The fourth-order valence-corrected chi connectivity index (χ4v) is 7.78. The third-order valence-corrected chi connectivity index (χ3v) is 10.1. The Hall–Kier alpha value is -4.10. The second-order valence-corrected chi connectivity index (χ2v) is 12.5. The van der Waals surface area contributed by atoms with Crippen molar-refractivity contribution in [3.63, 3.8) is 0 Å². The molecular weight excluding hydrogens is 516 g/mol. The van der Waals surface area contributed by atoms with Crippen molar-refractivity contribution in [3.05, 3.63) is 75.6 Å². The third-order valence-electron chi connectivity index (χ3n) is 10.1. The highest BCUT2D eigenvalue weighted by Gasteiger charge is 2.60. The number of amides is 2. The minimum atomic E-state index is -0.760. The van der Waals surface area contributed by atoms with Crippen LogP contribution in [0.3, 0.4) is 0 Å². The van der Waals surface area contributed by atoms with Gasteiger partial charge >= 0.3 is 0 Å². The number of rotatable bonds is 7. The Balaban J connectivity index is 1.29. The average Bonchev–Trinajstić information content (AvgIpc) is 3.68. The summed E-state index contributed by atoms with van der Waals surface area (Å²) in [6.07, 6.45) is 4.75. The van der Waals surface area contributed by atoms with Gasteiger partial charge < -0.3 is 16.0 Å². The van der Waals surface area contributed by atoms with Crippen LogP contribution in [0.2, 0.25) is 0 Å². The zero-order valence-electron chi connectivity index (χ0n) is 23.4. The van der Waals surface area contributed by atoms with Crippen molar-refractivity contribution >= 4 is 11.8 Å². The van der Waals surface area contributed by atoms with Gasteiger partial charge in [-0.3, -0.25) is 9.59 Å². The predicted molar refractivity (Wildman–Crippen MR) is 149 cm³/mol. The summed E-state index contributed by atoms with van der Waals surface area (Å²) >= 11 is 0. The molecule has 2 amide bonds. The molecule has 41 heavy (non-hydrogen) atoms. The Labute approximate surface area is 238 Å². The molecule has 5 atom stereocenters. The number of carbonyl (C=O) groups is 2. The minimum absolute atomic E-state index is 0.00308. The van der Waals surface area contributed by atoms with Gasteiger partial charge in [0.05, 0.1) is 18.0 Å². The number of carbonyl (C=O) groups excluding carboxylic acids is 2. The summed E-state index contributed by atoms with van der Waals surface area (Å²) in [4.78, 5) is 27.5. The van der Waals surface area contributed by atoms with Crippen molar-refractivity contribution in [2.75, 3.05) is 6.54 Å². The Morgan fingerprint density at radius 2 is 1.90 bits per heavy atom. The monoisotopic (exact) mass is 550 g/mol. The van der Waals surface area contributed by atoms with E-state index in [0.717, 1.165) is 48.8 Å². The number of nitrogens with zero attached hydrogens (tertiary/aromatic N) is 5. The van der Waals surface area contributed by atoms with Gasteiger partial charge in [0.1, 0.15) is 6.04 Å². The molecule has 7 rings (SSSR count). The quantitative estimate of drug-likeness (QED) is 0.408. The molecule has 1 aliphatic heterocycles. The van der Waals surface area contributed by atoms with E-state index in [-0.39, 0.29) is 30.1 Å². The predicted octanol–water partition coefficient (Wildman–Crippen LogP) is 2.31. The van der Waals surface area contributed by atoms with Crippen molar-refractivity contribution < 1.29 is 9.59 Å². The lowest BCUT2D eigenvalue weighted by Gasteiger charge is -2.37. The number of nitrogens with two attached hydrogens (primary N) is 1. The van der Waals surface area contributed by atoms with Crippen molar-refractivity contribution in [3.8, 4) is 6.07 Å². The highest BCUT2D eigenvalue weighted by Crippen LogP contribution is 2.55. The van der Waals surface area contributed by atoms with Crippen molar-refractivity contribution in [1.82, 2.24) is 30.8 Å². The topological polar surface area (TPSA) is 154 Å². The number of hydrogen-bond donors (Lipinski definition) is 3. The van der Waals surface area contributed by atoms with Crippen LogP contribution < -0.4 is 11.1 Å². The van der Waals surface area contributed by atoms with Gasteiger partial charge in [-0.15, -0.1) is 10.2 Å². The summed E-state index contributed by atoms with van der Waals surface area (Å²) in [7, 11) is 0. The number of nitrogens with one attached hydrogen (secondary N) is 2. The highest BCUT2D eigenvalue weighted by atomic mass is 16.2. The molecule has 3 aromatic rings. The second kappa shape index (κ2) is 9.21. The fraction of sp³-hybridized carbons (Fsp3) is 0.484. The lowest BCUT2D eigenvalue weighted by atomic mass is 9.67. The van der Waals surface area contributed by atoms with Crippen LogP contribution in [-0.2, 0) is 23.1 Å². The Kier molecular flexibility index (Phi) is 5.81. The fourth-order valence-electron chi connectivity index (χ4n) is 7.78. The van der Waals surface area contributed by atoms with Crippen molar-refractivity contribution in [2.24, 2.45) is 17.6 Å². The summed E-state index contributed by atoms with van der Waals surface area (Å²) in [6, 6.07) is 14.4. The molecule has 210 valence electrons. The molecule has 2 saturated carbocycles. The van der Waals surface area contributed by atoms with E-state index in [1.807, 2.05) is 17.0 Å². The first-order chi connectivity index (χ1) is 19.8. The van der Waals surface area contributed by atoms with Gasteiger partial charge in [-0.05, 0) is 91.7 Å². The molecule has 10 heteroatoms. The molecule has 2 heterocycles. The first-order valence-corrected chi connectivity index (χ1v) is 14.5. The molecule has 5 unspecified atom stereocenters. The van der Waals surface area contributed by atoms with E-state index in [4.69, 9.17) is 5.73 Å². The Morgan fingerprint density at radius 1 is 1.17 bits per heavy atom. The number of primary amides is 1. The summed E-state index contributed by atoms with van der Waals surface area (Å²) in [5.74, 6) is 1.02. The normalized spacial score (nSPS) is 28.6. The number of benzene rings is 2. The molecule has 0 radical (unpaired) electrons. The van der Waals surface area contributed by atoms with E-state index in [9.17, 15) is 14.9 Å². The van der Waals surface area contributed by atoms with Crippen LogP contribution in [0.4, 0.5) is 0 Å². The number of fused-ring (bicyclic) bond motifs is 3. The van der Waals surface area contributed by atoms with Crippen LogP contribution in [-0.4, -0.2) is 61.5 Å². The van der Waals surface area contributed by atoms with E-state index in [1.165, 1.54) is 11.1 Å². The Bertz CT molecular complexity index is 1590. The van der Waals surface area contributed by atoms with Gasteiger partial charge in [-0.2, -0.15) is 10.5 Å². The van der Waals surface area contributed by atoms with Gasteiger partial charge in [-0.25, -0.2) is 0 Å². The summed E-state index contributed by atoms with van der Waals surface area (Å²) in [5, 5.41) is 29.1. The number of piperidine rings is 1. The van der Waals surface area contributed by atoms with Crippen LogP contribution in [0.1, 0.15) is 76.6 Å². The van der Waals surface area contributed by atoms with E-state index in [2.05, 4.69) is 64.1 Å². The zero-order chi connectivity index (χ0) is 28.5. The summed E-state index contributed by atoms with van der Waals surface area (Å²) in [5.41, 5.74) is 10.6. The largest absolute Gasteiger partial charge is 0.366 e. The van der Waals surface area contributed by atoms with Crippen molar-refractivity contribution in [2.45, 2.75) is 75.4 Å². The van der Waals surface area contributed by atoms with E-state index >= 15 is 0 Å². The second-order valence-electron chi connectivity index (χ2n) is 12.5. The number of hydrogen-bond acceptors (Lipinski definition) is 7. The molecule has 3 fully saturated rings. The number of nitriles is 1. The van der Waals surface area contributed by atoms with E-state index in [0.29, 0.717) is 29.6 Å². The maximum atomic E-state index is 13.5. The summed E-state index contributed by atoms with van der Waals surface area (Å²) in [6.45, 7) is 4.44. The smallest absolute Gasteiger partial charge is 0.248 e. The molecule has 4 N–H and O–H groups in total. The summed E-state index contributed by atoms with van der Waals surface area (Å²) < 4.78 is 0. The standard InChI is InChI=1S/C31H34N8O2/c1-17-3-7-24-19(11-17)4-5-20-12-21(28(33)41)6-8-25(20)31(24,29-35-37-38-36-29)16-30(9-10-30)34-15-26(40)39-22(14-32)13-23-18(2)27(23)39/h3,6-8,11-12,18,22-23,27,34H,4-5,9-10,13,15-16H2,1-2H3,(H2,33,41)(H,35,36,37,38). The van der Waals surface area contributed by atoms with Crippen LogP contribution in [0, 0.1) is 30.1 Å². The number of H-pyrrole nitrogens is 1. The highest BCUT2D eigenvalue weighted by molar-refractivity contribution is 5.93. The van der Waals surface area contributed by atoms with Crippen LogP contribution in [0.15, 0.2) is 36.4 Å². The molecule has 0 bridgehead atoms. The van der Waals surface area contributed by atoms with Gasteiger partial charge in [-0.1, -0.05) is 42.0 Å². The number of likely N-dealkylation sites (tertiary alicyclic amines) is 1. The van der Waals surface area contributed by atoms with Crippen LogP contribution in [0.25, 0.3) is 0 Å². The zero-order valence-corrected chi connectivity index (χ0v) is 23.4. The third kappa shape index (κ3) is 4.05. The molecule has 1 aromatic heterocycles. The van der Waals surface area contributed by atoms with Crippen molar-refractivity contribution in [1.29, 1.82) is 5.26 Å². The maximum absolute atomic E-state index is 13.5. The molecule has 4 aliphatic rings. The van der Waals surface area contributed by atoms with Gasteiger partial charge in [0.25, 0.3) is 0 Å². The minimum Gasteiger partial charge on any atom is -0.366 e. The van der Waals surface area contributed by atoms with Gasteiger partial charge in [0.15, 0.2) is 5.82 Å². The van der Waals surface area contributed by atoms with Crippen LogP contribution >= 0.6 is 0 Å². The molecule has 3 aliphatic carbocycles. The first kappa shape index (κ1) is 25.8. The van der Waals surface area contributed by atoms with E-state index in [1.54, 1.807) is 6.07 Å². The van der Waals surface area contributed by atoms with E-state index < -0.39 is 11.3 Å². The number of aromatic nitrogens is 4. The molecule has 10 nitrogen and oxygen atoms in total. The molecule has 2 aromatic carbocycles. The number of aromatic amines is 1. The molecule has 0 spiro atoms. The van der Waals surface area contributed by atoms with Gasteiger partial charge in [0, 0.05) is 17.1 Å². The maximum Gasteiger partial charge on any atom is 0.248 e. The van der Waals surface area contributed by atoms with Crippen LogP contribution in [0.5, 0.6) is 0 Å².